The lowest BCUT2D eigenvalue weighted by Crippen LogP contribution is -2.38. The molecule has 0 bridgehead atoms. The minimum absolute atomic E-state index is 0.0965. The van der Waals surface area contributed by atoms with Crippen molar-refractivity contribution in [1.82, 2.24) is 9.88 Å². The van der Waals surface area contributed by atoms with E-state index in [0.29, 0.717) is 0 Å². The molecule has 0 saturated carbocycles. The van der Waals surface area contributed by atoms with Crippen LogP contribution in [0.3, 0.4) is 0 Å². The molecule has 1 aromatic carbocycles. The maximum Gasteiger partial charge on any atom is 0.254 e. The summed E-state index contributed by atoms with van der Waals surface area (Å²) < 4.78 is 5.47. The molecule has 25 heavy (non-hydrogen) atoms. The summed E-state index contributed by atoms with van der Waals surface area (Å²) >= 11 is 0. The van der Waals surface area contributed by atoms with Crippen LogP contribution >= 0.6 is 0 Å². The van der Waals surface area contributed by atoms with Crippen LogP contribution in [0.4, 0.5) is 5.82 Å². The molecule has 2 aliphatic rings. The molecule has 130 valence electrons. The number of pyridine rings is 1. The summed E-state index contributed by atoms with van der Waals surface area (Å²) in [5, 5.41) is 0. The number of morpholine rings is 1. The quantitative estimate of drug-likeness (QED) is 0.864. The Morgan fingerprint density at radius 2 is 1.84 bits per heavy atom. The van der Waals surface area contributed by atoms with Crippen LogP contribution in [0.15, 0.2) is 48.7 Å². The van der Waals surface area contributed by atoms with Crippen molar-refractivity contribution >= 4 is 11.7 Å². The number of carbonyl (C=O) groups excluding carboxylic acids is 1. The number of rotatable bonds is 3. The lowest BCUT2D eigenvalue weighted by molar-refractivity contribution is 0.0735. The number of ether oxygens (including phenoxy) is 1. The molecular formula is C20H23N3O2. The molecule has 3 heterocycles. The number of carbonyl (C=O) groups is 1. The monoisotopic (exact) mass is 337 g/mol. The normalized spacial score (nSPS) is 20.7. The van der Waals surface area contributed by atoms with Crippen LogP contribution in [0, 0.1) is 0 Å². The summed E-state index contributed by atoms with van der Waals surface area (Å²) in [6.45, 7) is 3.96. The zero-order chi connectivity index (χ0) is 17.1. The molecule has 1 atom stereocenters. The fraction of sp³-hybridized carbons (Fsp3) is 0.400. The summed E-state index contributed by atoms with van der Waals surface area (Å²) in [5.74, 6) is 1.11. The number of amides is 1. The van der Waals surface area contributed by atoms with E-state index in [0.717, 1.165) is 62.6 Å². The highest BCUT2D eigenvalue weighted by Crippen LogP contribution is 2.37. The van der Waals surface area contributed by atoms with E-state index < -0.39 is 0 Å². The Hall–Kier alpha value is -2.40. The highest BCUT2D eigenvalue weighted by molar-refractivity contribution is 5.94. The minimum atomic E-state index is 0.0965. The first-order valence-corrected chi connectivity index (χ1v) is 8.98. The van der Waals surface area contributed by atoms with E-state index in [4.69, 9.17) is 4.74 Å². The Morgan fingerprint density at radius 3 is 2.64 bits per heavy atom. The number of aromatic nitrogens is 1. The molecule has 5 heteroatoms. The Kier molecular flexibility index (Phi) is 4.65. The van der Waals surface area contributed by atoms with Gasteiger partial charge in [-0.25, -0.2) is 4.98 Å². The van der Waals surface area contributed by atoms with Gasteiger partial charge in [-0.05, 0) is 31.0 Å². The number of anilines is 1. The molecule has 2 fully saturated rings. The minimum Gasteiger partial charge on any atom is -0.378 e. The molecule has 2 aromatic rings. The van der Waals surface area contributed by atoms with Crippen LogP contribution in [0.2, 0.25) is 0 Å². The Labute approximate surface area is 148 Å². The number of benzene rings is 1. The lowest BCUT2D eigenvalue weighted by atomic mass is 10.0. The third-order valence-electron chi connectivity index (χ3n) is 5.02. The van der Waals surface area contributed by atoms with Gasteiger partial charge in [0.25, 0.3) is 5.91 Å². The second-order valence-corrected chi connectivity index (χ2v) is 6.54. The van der Waals surface area contributed by atoms with E-state index in [9.17, 15) is 4.79 Å². The smallest absolute Gasteiger partial charge is 0.254 e. The predicted octanol–water partition coefficient (Wildman–Crippen LogP) is 2.90. The molecule has 2 saturated heterocycles. The topological polar surface area (TPSA) is 45.7 Å². The largest absolute Gasteiger partial charge is 0.378 e. The van der Waals surface area contributed by atoms with Gasteiger partial charge in [-0.15, -0.1) is 0 Å². The lowest BCUT2D eigenvalue weighted by Gasteiger charge is -2.32. The molecule has 0 radical (unpaired) electrons. The van der Waals surface area contributed by atoms with E-state index in [1.165, 1.54) is 0 Å². The maximum absolute atomic E-state index is 13.0. The highest BCUT2D eigenvalue weighted by atomic mass is 16.5. The van der Waals surface area contributed by atoms with Crippen molar-refractivity contribution in [2.75, 3.05) is 37.7 Å². The second-order valence-electron chi connectivity index (χ2n) is 6.54. The third-order valence-corrected chi connectivity index (χ3v) is 5.02. The van der Waals surface area contributed by atoms with Crippen LogP contribution in [0.1, 0.15) is 34.8 Å². The molecule has 5 nitrogen and oxygen atoms in total. The fourth-order valence-electron chi connectivity index (χ4n) is 3.79. The predicted molar refractivity (Wildman–Crippen MR) is 96.7 cm³/mol. The molecule has 0 spiro atoms. The first kappa shape index (κ1) is 16.1. The summed E-state index contributed by atoms with van der Waals surface area (Å²) in [6, 6.07) is 13.8. The van der Waals surface area contributed by atoms with Crippen molar-refractivity contribution in [3.63, 3.8) is 0 Å². The average molecular weight is 337 g/mol. The van der Waals surface area contributed by atoms with Gasteiger partial charge in [0.1, 0.15) is 5.82 Å². The molecule has 0 unspecified atom stereocenters. The fourth-order valence-corrected chi connectivity index (χ4v) is 3.79. The molecule has 2 aliphatic heterocycles. The van der Waals surface area contributed by atoms with Crippen molar-refractivity contribution in [1.29, 1.82) is 0 Å². The molecule has 0 N–H and O–H groups in total. The number of hydrogen-bond acceptors (Lipinski definition) is 4. The second kappa shape index (κ2) is 7.23. The van der Waals surface area contributed by atoms with Crippen molar-refractivity contribution in [3.8, 4) is 0 Å². The molecule has 4 rings (SSSR count). The van der Waals surface area contributed by atoms with Crippen molar-refractivity contribution in [2.24, 2.45) is 0 Å². The van der Waals surface area contributed by atoms with Crippen LogP contribution in [-0.4, -0.2) is 48.6 Å². The Morgan fingerprint density at radius 1 is 1.04 bits per heavy atom. The number of nitrogens with zero attached hydrogens (tertiary/aromatic N) is 3. The molecule has 0 aliphatic carbocycles. The van der Waals surface area contributed by atoms with E-state index in [2.05, 4.69) is 16.0 Å². The number of hydrogen-bond donors (Lipinski definition) is 0. The van der Waals surface area contributed by atoms with Crippen molar-refractivity contribution < 1.29 is 9.53 Å². The van der Waals surface area contributed by atoms with Gasteiger partial charge in [0.15, 0.2) is 0 Å². The van der Waals surface area contributed by atoms with Gasteiger partial charge in [-0.1, -0.05) is 24.3 Å². The first-order valence-electron chi connectivity index (χ1n) is 8.98. The Bertz CT molecular complexity index is 729. The SMILES string of the molecule is O=C(c1ccccc1)N1CCC[C@H]1c1cccnc1N1CCOCC1. The standard InChI is InChI=1S/C20H23N3O2/c24-20(16-6-2-1-3-7-16)23-11-5-9-18(23)17-8-4-10-21-19(17)22-12-14-25-15-13-22/h1-4,6-8,10,18H,5,9,11-15H2/t18-/m0/s1. The third kappa shape index (κ3) is 3.24. The van der Waals surface area contributed by atoms with Crippen LogP contribution in [0.25, 0.3) is 0 Å². The molecule has 1 amide bonds. The summed E-state index contributed by atoms with van der Waals surface area (Å²) in [7, 11) is 0. The average Bonchev–Trinajstić information content (AvgIpc) is 3.18. The molecule has 1 aromatic heterocycles. The maximum atomic E-state index is 13.0. The van der Waals surface area contributed by atoms with Gasteiger partial charge in [0.05, 0.1) is 19.3 Å². The van der Waals surface area contributed by atoms with Gasteiger partial charge in [-0.2, -0.15) is 0 Å². The van der Waals surface area contributed by atoms with Crippen LogP contribution < -0.4 is 4.90 Å². The highest BCUT2D eigenvalue weighted by Gasteiger charge is 2.33. The van der Waals surface area contributed by atoms with Gasteiger partial charge in [0, 0.05) is 37.0 Å². The van der Waals surface area contributed by atoms with Gasteiger partial charge in [0.2, 0.25) is 0 Å². The Balaban J connectivity index is 1.63. The van der Waals surface area contributed by atoms with Crippen molar-refractivity contribution in [2.45, 2.75) is 18.9 Å². The van der Waals surface area contributed by atoms with Gasteiger partial charge >= 0.3 is 0 Å². The summed E-state index contributed by atoms with van der Waals surface area (Å²) in [6.07, 6.45) is 3.86. The van der Waals surface area contributed by atoms with Crippen LogP contribution in [0.5, 0.6) is 0 Å². The van der Waals surface area contributed by atoms with E-state index in [1.54, 1.807) is 0 Å². The van der Waals surface area contributed by atoms with Gasteiger partial charge in [-0.3, -0.25) is 4.79 Å². The molecular weight excluding hydrogens is 314 g/mol. The van der Waals surface area contributed by atoms with E-state index in [1.807, 2.05) is 47.5 Å². The summed E-state index contributed by atoms with van der Waals surface area (Å²) in [5.41, 5.74) is 1.91. The first-order chi connectivity index (χ1) is 12.3. The van der Waals surface area contributed by atoms with E-state index in [-0.39, 0.29) is 11.9 Å². The zero-order valence-corrected chi connectivity index (χ0v) is 14.3. The van der Waals surface area contributed by atoms with Crippen LogP contribution in [-0.2, 0) is 4.74 Å². The number of likely N-dealkylation sites (tertiary alicyclic amines) is 1. The zero-order valence-electron chi connectivity index (χ0n) is 14.3. The van der Waals surface area contributed by atoms with Crippen molar-refractivity contribution in [3.05, 3.63) is 59.8 Å². The van der Waals surface area contributed by atoms with Gasteiger partial charge < -0.3 is 14.5 Å². The van der Waals surface area contributed by atoms with E-state index >= 15 is 0 Å². The summed E-state index contributed by atoms with van der Waals surface area (Å²) in [4.78, 5) is 21.9.